The van der Waals surface area contributed by atoms with Crippen molar-refractivity contribution in [1.82, 2.24) is 0 Å². The standard InChI is InChI=1S/C22H30O4Se/c1-23-15-21(17-25-13-19-9-5-3-6-10-19)27-22(16-24-2)18-26-14-20-11-7-4-8-12-20/h3-12,21-22H,13-18H2,1-2H3. The van der Waals surface area contributed by atoms with E-state index >= 15 is 0 Å². The Hall–Kier alpha value is -1.20. The van der Waals surface area contributed by atoms with Gasteiger partial charge < -0.3 is 0 Å². The number of methoxy groups -OCH3 is 2. The van der Waals surface area contributed by atoms with Gasteiger partial charge in [-0.25, -0.2) is 0 Å². The van der Waals surface area contributed by atoms with Gasteiger partial charge in [0.25, 0.3) is 0 Å². The summed E-state index contributed by atoms with van der Waals surface area (Å²) in [4.78, 5) is 0.762. The molecule has 0 N–H and O–H groups in total. The van der Waals surface area contributed by atoms with Crippen LogP contribution in [0.3, 0.4) is 0 Å². The molecule has 0 fully saturated rings. The zero-order valence-electron chi connectivity index (χ0n) is 16.2. The molecule has 2 atom stereocenters. The predicted octanol–water partition coefficient (Wildman–Crippen LogP) is 3.99. The third-order valence-corrected chi connectivity index (χ3v) is 6.68. The van der Waals surface area contributed by atoms with Crippen LogP contribution in [0.15, 0.2) is 60.7 Å². The van der Waals surface area contributed by atoms with E-state index in [0.29, 0.717) is 64.2 Å². The van der Waals surface area contributed by atoms with Crippen LogP contribution in [0.4, 0.5) is 0 Å². The molecular formula is C22H30O4Se. The number of ether oxygens (including phenoxy) is 4. The first-order valence-electron chi connectivity index (χ1n) is 9.18. The Kier molecular flexibility index (Phi) is 11.4. The van der Waals surface area contributed by atoms with Gasteiger partial charge in [0, 0.05) is 0 Å². The average Bonchev–Trinajstić information content (AvgIpc) is 2.70. The summed E-state index contributed by atoms with van der Waals surface area (Å²) in [6.07, 6.45) is 0. The van der Waals surface area contributed by atoms with Crippen molar-refractivity contribution in [2.45, 2.75) is 22.8 Å². The van der Waals surface area contributed by atoms with E-state index in [1.54, 1.807) is 14.2 Å². The van der Waals surface area contributed by atoms with E-state index in [9.17, 15) is 0 Å². The molecule has 0 radical (unpaired) electrons. The molecule has 0 heterocycles. The molecular weight excluding hydrogens is 407 g/mol. The van der Waals surface area contributed by atoms with Crippen molar-refractivity contribution in [3.8, 4) is 0 Å². The summed E-state index contributed by atoms with van der Waals surface area (Å²) in [5, 5.41) is 0. The first-order chi connectivity index (χ1) is 13.3. The van der Waals surface area contributed by atoms with Crippen LogP contribution < -0.4 is 0 Å². The molecule has 0 aliphatic rings. The van der Waals surface area contributed by atoms with Crippen molar-refractivity contribution < 1.29 is 18.9 Å². The third kappa shape index (κ3) is 9.52. The number of rotatable bonds is 14. The zero-order valence-corrected chi connectivity index (χ0v) is 17.9. The summed E-state index contributed by atoms with van der Waals surface area (Å²) < 4.78 is 22.7. The maximum absolute atomic E-state index is 5.94. The summed E-state index contributed by atoms with van der Waals surface area (Å²) in [5.41, 5.74) is 2.39. The van der Waals surface area contributed by atoms with Crippen LogP contribution in [-0.4, -0.2) is 55.6 Å². The fourth-order valence-electron chi connectivity index (χ4n) is 2.66. The molecule has 2 rings (SSSR count). The molecule has 2 aromatic carbocycles. The van der Waals surface area contributed by atoms with Gasteiger partial charge in [-0.2, -0.15) is 0 Å². The first-order valence-corrected chi connectivity index (χ1v) is 11.2. The van der Waals surface area contributed by atoms with Crippen LogP contribution in [0, 0.1) is 0 Å². The van der Waals surface area contributed by atoms with E-state index in [1.807, 2.05) is 36.4 Å². The Morgan fingerprint density at radius 2 is 1.04 bits per heavy atom. The topological polar surface area (TPSA) is 36.9 Å². The van der Waals surface area contributed by atoms with E-state index in [-0.39, 0.29) is 0 Å². The van der Waals surface area contributed by atoms with Gasteiger partial charge in [-0.05, 0) is 0 Å². The fourth-order valence-corrected chi connectivity index (χ4v) is 5.44. The molecule has 0 spiro atoms. The second kappa shape index (κ2) is 13.9. The van der Waals surface area contributed by atoms with Crippen LogP contribution in [0.2, 0.25) is 9.63 Å². The van der Waals surface area contributed by atoms with E-state index in [0.717, 1.165) is 0 Å². The molecule has 0 saturated carbocycles. The molecule has 0 bridgehead atoms. The maximum atomic E-state index is 5.94. The van der Waals surface area contributed by atoms with Crippen molar-refractivity contribution >= 4 is 15.0 Å². The molecule has 0 amide bonds. The van der Waals surface area contributed by atoms with Crippen LogP contribution in [0.5, 0.6) is 0 Å². The second-order valence-corrected chi connectivity index (χ2v) is 9.66. The van der Waals surface area contributed by atoms with Crippen LogP contribution in [-0.2, 0) is 32.2 Å². The molecule has 148 valence electrons. The van der Waals surface area contributed by atoms with Gasteiger partial charge >= 0.3 is 169 Å². The normalized spacial score (nSPS) is 13.4. The number of hydrogen-bond donors (Lipinski definition) is 0. The minimum absolute atomic E-state index is 0.305. The quantitative estimate of drug-likeness (QED) is 0.419. The van der Waals surface area contributed by atoms with Crippen molar-refractivity contribution in [3.05, 3.63) is 71.8 Å². The summed E-state index contributed by atoms with van der Waals surface area (Å²) in [6.45, 7) is 4.07. The van der Waals surface area contributed by atoms with Gasteiger partial charge in [0.05, 0.1) is 0 Å². The van der Waals surface area contributed by atoms with Crippen LogP contribution in [0.1, 0.15) is 11.1 Å². The molecule has 0 saturated heterocycles. The molecule has 2 unspecified atom stereocenters. The molecule has 4 nitrogen and oxygen atoms in total. The van der Waals surface area contributed by atoms with Gasteiger partial charge in [-0.15, -0.1) is 0 Å². The van der Waals surface area contributed by atoms with Crippen molar-refractivity contribution in [2.75, 3.05) is 40.6 Å². The fraction of sp³-hybridized carbons (Fsp3) is 0.455. The third-order valence-electron chi connectivity index (χ3n) is 3.92. The van der Waals surface area contributed by atoms with Gasteiger partial charge in [0.1, 0.15) is 0 Å². The van der Waals surface area contributed by atoms with Gasteiger partial charge in [-0.1, -0.05) is 0 Å². The number of benzene rings is 2. The Bertz CT molecular complexity index is 540. The summed E-state index contributed by atoms with van der Waals surface area (Å²) in [6, 6.07) is 20.5. The predicted molar refractivity (Wildman–Crippen MR) is 109 cm³/mol. The van der Waals surface area contributed by atoms with E-state index in [1.165, 1.54) is 11.1 Å². The van der Waals surface area contributed by atoms with Gasteiger partial charge in [0.2, 0.25) is 0 Å². The molecule has 5 heteroatoms. The van der Waals surface area contributed by atoms with Gasteiger partial charge in [-0.3, -0.25) is 0 Å². The van der Waals surface area contributed by atoms with Gasteiger partial charge in [0.15, 0.2) is 0 Å². The Labute approximate surface area is 169 Å². The van der Waals surface area contributed by atoms with Crippen molar-refractivity contribution in [2.24, 2.45) is 0 Å². The summed E-state index contributed by atoms with van der Waals surface area (Å²) >= 11 is 0.305. The Morgan fingerprint density at radius 1 is 0.630 bits per heavy atom. The number of hydrogen-bond acceptors (Lipinski definition) is 4. The monoisotopic (exact) mass is 438 g/mol. The van der Waals surface area contributed by atoms with E-state index < -0.39 is 0 Å². The van der Waals surface area contributed by atoms with Crippen LogP contribution >= 0.6 is 0 Å². The molecule has 0 aliphatic heterocycles. The first kappa shape index (κ1) is 22.1. The SMILES string of the molecule is COCC(COCc1ccccc1)[Se]C(COC)COCc1ccccc1. The Morgan fingerprint density at radius 3 is 1.41 bits per heavy atom. The summed E-state index contributed by atoms with van der Waals surface area (Å²) in [5.74, 6) is 0. The Balaban J connectivity index is 1.76. The summed E-state index contributed by atoms with van der Waals surface area (Å²) in [7, 11) is 3.50. The average molecular weight is 437 g/mol. The minimum atomic E-state index is 0.305. The zero-order chi connectivity index (χ0) is 19.2. The van der Waals surface area contributed by atoms with Crippen molar-refractivity contribution in [1.29, 1.82) is 0 Å². The molecule has 27 heavy (non-hydrogen) atoms. The second-order valence-electron chi connectivity index (χ2n) is 6.29. The van der Waals surface area contributed by atoms with Crippen molar-refractivity contribution in [3.63, 3.8) is 0 Å². The van der Waals surface area contributed by atoms with Crippen LogP contribution in [0.25, 0.3) is 0 Å². The molecule has 2 aromatic rings. The van der Waals surface area contributed by atoms with E-state index in [4.69, 9.17) is 18.9 Å². The molecule has 0 aromatic heterocycles. The molecule has 0 aliphatic carbocycles. The van der Waals surface area contributed by atoms with E-state index in [2.05, 4.69) is 24.3 Å².